The number of ketones is 1. The lowest BCUT2D eigenvalue weighted by Crippen LogP contribution is -2.22. The molecule has 18 heavy (non-hydrogen) atoms. The second-order valence-corrected chi connectivity index (χ2v) is 6.21. The van der Waals surface area contributed by atoms with Gasteiger partial charge in [-0.05, 0) is 24.8 Å². The molecule has 0 aliphatic heterocycles. The van der Waals surface area contributed by atoms with Crippen LogP contribution in [0.3, 0.4) is 0 Å². The predicted octanol–water partition coefficient (Wildman–Crippen LogP) is 3.55. The van der Waals surface area contributed by atoms with Crippen molar-refractivity contribution in [3.8, 4) is 0 Å². The molecule has 1 aliphatic carbocycles. The molecule has 1 heterocycles. The molecule has 0 radical (unpaired) electrons. The number of anilines is 2. The smallest absolute Gasteiger partial charge is 0.174 e. The molecule has 2 rings (SSSR count). The molecule has 0 unspecified atom stereocenters. The van der Waals surface area contributed by atoms with Gasteiger partial charge < -0.3 is 10.6 Å². The molecule has 3 nitrogen and oxygen atoms in total. The van der Waals surface area contributed by atoms with E-state index in [1.807, 2.05) is 13.0 Å². The van der Waals surface area contributed by atoms with E-state index in [9.17, 15) is 4.79 Å². The van der Waals surface area contributed by atoms with Crippen molar-refractivity contribution in [1.29, 1.82) is 0 Å². The first-order valence-electron chi connectivity index (χ1n) is 6.75. The first kappa shape index (κ1) is 13.4. The second kappa shape index (κ2) is 5.74. The lowest BCUT2D eigenvalue weighted by molar-refractivity contribution is 0.0993. The SMILES string of the molecule is CCC(=O)c1sc(N(C)CC2CCCC2)cc1N. The minimum atomic E-state index is 0.151. The number of nitrogen functional groups attached to an aromatic ring is 1. The fourth-order valence-corrected chi connectivity index (χ4v) is 3.69. The highest BCUT2D eigenvalue weighted by atomic mass is 32.1. The van der Waals surface area contributed by atoms with E-state index < -0.39 is 0 Å². The van der Waals surface area contributed by atoms with E-state index in [0.717, 1.165) is 22.3 Å². The van der Waals surface area contributed by atoms with Crippen LogP contribution in [0.1, 0.15) is 48.7 Å². The Morgan fingerprint density at radius 2 is 2.17 bits per heavy atom. The molecule has 0 atom stereocenters. The van der Waals surface area contributed by atoms with Crippen LogP contribution in [0.15, 0.2) is 6.07 Å². The highest BCUT2D eigenvalue weighted by molar-refractivity contribution is 7.18. The Kier molecular flexibility index (Phi) is 4.27. The monoisotopic (exact) mass is 266 g/mol. The Bertz CT molecular complexity index is 421. The summed E-state index contributed by atoms with van der Waals surface area (Å²) >= 11 is 1.54. The third-order valence-corrected chi connectivity index (χ3v) is 5.01. The van der Waals surface area contributed by atoms with Gasteiger partial charge in [-0.3, -0.25) is 4.79 Å². The van der Waals surface area contributed by atoms with Crippen molar-refractivity contribution >= 4 is 27.8 Å². The average molecular weight is 266 g/mol. The van der Waals surface area contributed by atoms with Crippen LogP contribution in [-0.2, 0) is 0 Å². The van der Waals surface area contributed by atoms with Gasteiger partial charge in [-0.25, -0.2) is 0 Å². The molecule has 2 N–H and O–H groups in total. The van der Waals surface area contributed by atoms with Crippen molar-refractivity contribution in [2.45, 2.75) is 39.0 Å². The van der Waals surface area contributed by atoms with Gasteiger partial charge in [0, 0.05) is 20.0 Å². The number of carbonyl (C=O) groups is 1. The number of rotatable bonds is 5. The van der Waals surface area contributed by atoms with Crippen molar-refractivity contribution < 1.29 is 4.79 Å². The molecule has 100 valence electrons. The molecule has 1 fully saturated rings. The molecule has 0 bridgehead atoms. The molecule has 1 aromatic heterocycles. The summed E-state index contributed by atoms with van der Waals surface area (Å²) < 4.78 is 0. The number of nitrogens with two attached hydrogens (primary N) is 1. The van der Waals surface area contributed by atoms with Gasteiger partial charge >= 0.3 is 0 Å². The molecule has 0 spiro atoms. The molecular weight excluding hydrogens is 244 g/mol. The molecule has 1 aliphatic rings. The molecular formula is C14H22N2OS. The first-order chi connectivity index (χ1) is 8.61. The number of Topliss-reactive ketones (excluding diaryl/α,β-unsaturated/α-hetero) is 1. The molecule has 0 saturated heterocycles. The van der Waals surface area contributed by atoms with Crippen LogP contribution in [0.4, 0.5) is 10.7 Å². The van der Waals surface area contributed by atoms with Crippen molar-refractivity contribution in [3.63, 3.8) is 0 Å². The Hall–Kier alpha value is -1.03. The highest BCUT2D eigenvalue weighted by Gasteiger charge is 2.19. The second-order valence-electron chi connectivity index (χ2n) is 5.18. The van der Waals surface area contributed by atoms with Crippen LogP contribution < -0.4 is 10.6 Å². The van der Waals surface area contributed by atoms with Gasteiger partial charge in [-0.1, -0.05) is 19.8 Å². The number of carbonyl (C=O) groups excluding carboxylic acids is 1. The maximum Gasteiger partial charge on any atom is 0.174 e. The largest absolute Gasteiger partial charge is 0.397 e. The van der Waals surface area contributed by atoms with Gasteiger partial charge in [-0.2, -0.15) is 0 Å². The van der Waals surface area contributed by atoms with Gasteiger partial charge in [0.15, 0.2) is 5.78 Å². The number of thiophene rings is 1. The summed E-state index contributed by atoms with van der Waals surface area (Å²) in [6.45, 7) is 2.96. The standard InChI is InChI=1S/C14H22N2OS/c1-3-12(17)14-11(15)8-13(18-14)16(2)9-10-6-4-5-7-10/h8,10H,3-7,9,15H2,1-2H3. The van der Waals surface area contributed by atoms with E-state index >= 15 is 0 Å². The molecule has 0 amide bonds. The minimum Gasteiger partial charge on any atom is -0.397 e. The van der Waals surface area contributed by atoms with E-state index in [1.165, 1.54) is 37.0 Å². The molecule has 0 aromatic carbocycles. The maximum absolute atomic E-state index is 11.7. The van der Waals surface area contributed by atoms with E-state index in [1.54, 1.807) is 0 Å². The van der Waals surface area contributed by atoms with E-state index in [2.05, 4.69) is 11.9 Å². The first-order valence-corrected chi connectivity index (χ1v) is 7.57. The minimum absolute atomic E-state index is 0.151. The summed E-state index contributed by atoms with van der Waals surface area (Å²) in [5.41, 5.74) is 6.57. The zero-order chi connectivity index (χ0) is 13.1. The predicted molar refractivity (Wildman–Crippen MR) is 78.6 cm³/mol. The van der Waals surface area contributed by atoms with Crippen LogP contribution in [0.25, 0.3) is 0 Å². The average Bonchev–Trinajstić information content (AvgIpc) is 2.97. The Morgan fingerprint density at radius 1 is 1.50 bits per heavy atom. The van der Waals surface area contributed by atoms with Crippen molar-refractivity contribution in [2.75, 3.05) is 24.2 Å². The lowest BCUT2D eigenvalue weighted by Gasteiger charge is -2.21. The Morgan fingerprint density at radius 3 is 2.78 bits per heavy atom. The quantitative estimate of drug-likeness (QED) is 0.829. The van der Waals surface area contributed by atoms with Gasteiger partial charge in [0.05, 0.1) is 15.6 Å². The zero-order valence-corrected chi connectivity index (χ0v) is 12.1. The number of nitrogens with zero attached hydrogens (tertiary/aromatic N) is 1. The lowest BCUT2D eigenvalue weighted by atomic mass is 10.1. The van der Waals surface area contributed by atoms with Crippen molar-refractivity contribution in [2.24, 2.45) is 5.92 Å². The van der Waals surface area contributed by atoms with Crippen LogP contribution >= 0.6 is 11.3 Å². The number of hydrogen-bond donors (Lipinski definition) is 1. The van der Waals surface area contributed by atoms with E-state index in [0.29, 0.717) is 12.1 Å². The summed E-state index contributed by atoms with van der Waals surface area (Å²) in [5.74, 6) is 0.960. The summed E-state index contributed by atoms with van der Waals surface area (Å²) in [7, 11) is 2.10. The Balaban J connectivity index is 2.05. The van der Waals surface area contributed by atoms with Gasteiger partial charge in [0.25, 0.3) is 0 Å². The van der Waals surface area contributed by atoms with E-state index in [4.69, 9.17) is 5.73 Å². The summed E-state index contributed by atoms with van der Waals surface area (Å²) in [5, 5.41) is 1.12. The van der Waals surface area contributed by atoms with Gasteiger partial charge in [-0.15, -0.1) is 11.3 Å². The summed E-state index contributed by atoms with van der Waals surface area (Å²) in [4.78, 5) is 14.7. The van der Waals surface area contributed by atoms with Gasteiger partial charge in [0.1, 0.15) is 0 Å². The summed E-state index contributed by atoms with van der Waals surface area (Å²) in [6, 6.07) is 1.95. The highest BCUT2D eigenvalue weighted by Crippen LogP contribution is 2.34. The van der Waals surface area contributed by atoms with E-state index in [-0.39, 0.29) is 5.78 Å². The van der Waals surface area contributed by atoms with Crippen LogP contribution in [0, 0.1) is 5.92 Å². The maximum atomic E-state index is 11.7. The van der Waals surface area contributed by atoms with Crippen LogP contribution in [0.2, 0.25) is 0 Å². The Labute approximate surface area is 113 Å². The normalized spacial score (nSPS) is 16.1. The zero-order valence-electron chi connectivity index (χ0n) is 11.2. The fourth-order valence-electron chi connectivity index (χ4n) is 2.63. The fraction of sp³-hybridized carbons (Fsp3) is 0.643. The van der Waals surface area contributed by atoms with Crippen LogP contribution in [-0.4, -0.2) is 19.4 Å². The van der Waals surface area contributed by atoms with Gasteiger partial charge in [0.2, 0.25) is 0 Å². The van der Waals surface area contributed by atoms with Crippen molar-refractivity contribution in [1.82, 2.24) is 0 Å². The molecule has 1 aromatic rings. The summed E-state index contributed by atoms with van der Waals surface area (Å²) in [6.07, 6.45) is 5.93. The number of hydrogen-bond acceptors (Lipinski definition) is 4. The molecule has 4 heteroatoms. The van der Waals surface area contributed by atoms with Crippen molar-refractivity contribution in [3.05, 3.63) is 10.9 Å². The topological polar surface area (TPSA) is 46.3 Å². The third-order valence-electron chi connectivity index (χ3n) is 3.71. The third kappa shape index (κ3) is 2.86. The van der Waals surface area contributed by atoms with Crippen LogP contribution in [0.5, 0.6) is 0 Å². The molecule has 1 saturated carbocycles.